The molecule has 0 fully saturated rings. The van der Waals surface area contributed by atoms with E-state index in [4.69, 9.17) is 5.26 Å². The fourth-order valence-electron chi connectivity index (χ4n) is 1.50. The van der Waals surface area contributed by atoms with Crippen LogP contribution in [-0.4, -0.2) is 33.7 Å². The lowest BCUT2D eigenvalue weighted by atomic mass is 10.2. The number of nitrogens with one attached hydrogen (secondary N) is 2. The Bertz CT molecular complexity index is 767. The molecule has 0 atom stereocenters. The van der Waals surface area contributed by atoms with Gasteiger partial charge in [0.25, 0.3) is 0 Å². The average molecular weight is 306 g/mol. The zero-order valence-electron chi connectivity index (χ0n) is 11.1. The van der Waals surface area contributed by atoms with Gasteiger partial charge < -0.3 is 10.1 Å². The molecule has 0 spiro atoms. The molecule has 0 aliphatic carbocycles. The Morgan fingerprint density at radius 1 is 1.45 bits per heavy atom. The van der Waals surface area contributed by atoms with Gasteiger partial charge in [0.05, 0.1) is 18.4 Å². The zero-order chi connectivity index (χ0) is 16.1. The molecular formula is C12H8F2N6O2. The van der Waals surface area contributed by atoms with E-state index in [2.05, 4.69) is 30.7 Å². The second-order valence-electron chi connectivity index (χ2n) is 3.83. The first-order valence-electron chi connectivity index (χ1n) is 5.75. The Labute approximate surface area is 122 Å². The van der Waals surface area contributed by atoms with Crippen molar-refractivity contribution in [3.63, 3.8) is 0 Å². The van der Waals surface area contributed by atoms with Crippen LogP contribution in [-0.2, 0) is 4.74 Å². The van der Waals surface area contributed by atoms with Gasteiger partial charge in [0.2, 0.25) is 5.82 Å². The number of aromatic amines is 1. The standard InChI is InChI=1S/C12H8F2N6O2/c1-22-12(21)7-2-3-8(10(14)9(7)13)16-5-6(4-15)11-17-19-20-18-11/h2-3,5,16H,1H3,(H,17,18,19,20). The number of allylic oxidation sites excluding steroid dienone is 1. The van der Waals surface area contributed by atoms with Gasteiger partial charge in [-0.15, -0.1) is 10.2 Å². The number of tetrazole rings is 1. The minimum atomic E-state index is -1.36. The van der Waals surface area contributed by atoms with Crippen LogP contribution in [0, 0.1) is 23.0 Å². The molecule has 22 heavy (non-hydrogen) atoms. The SMILES string of the molecule is COC(=O)c1ccc(NC=C(C#N)c2nn[nH]n2)c(F)c1F. The van der Waals surface area contributed by atoms with Crippen molar-refractivity contribution in [2.45, 2.75) is 0 Å². The summed E-state index contributed by atoms with van der Waals surface area (Å²) in [5.74, 6) is -3.65. The number of esters is 1. The van der Waals surface area contributed by atoms with Crippen molar-refractivity contribution in [2.24, 2.45) is 0 Å². The highest BCUT2D eigenvalue weighted by atomic mass is 19.2. The molecule has 1 aromatic heterocycles. The molecule has 0 amide bonds. The number of methoxy groups -OCH3 is 1. The summed E-state index contributed by atoms with van der Waals surface area (Å²) >= 11 is 0. The third-order valence-electron chi connectivity index (χ3n) is 2.57. The highest BCUT2D eigenvalue weighted by Crippen LogP contribution is 2.22. The van der Waals surface area contributed by atoms with Crippen LogP contribution in [0.5, 0.6) is 0 Å². The summed E-state index contributed by atoms with van der Waals surface area (Å²) in [7, 11) is 1.05. The molecule has 2 N–H and O–H groups in total. The molecule has 0 saturated carbocycles. The Kier molecular flexibility index (Phi) is 4.38. The highest BCUT2D eigenvalue weighted by Gasteiger charge is 2.19. The number of nitrogens with zero attached hydrogens (tertiary/aromatic N) is 4. The number of halogens is 2. The van der Waals surface area contributed by atoms with Gasteiger partial charge in [-0.3, -0.25) is 0 Å². The number of anilines is 1. The predicted octanol–water partition coefficient (Wildman–Crippen LogP) is 1.24. The summed E-state index contributed by atoms with van der Waals surface area (Å²) in [4.78, 5) is 11.2. The molecule has 8 nitrogen and oxygen atoms in total. The molecular weight excluding hydrogens is 298 g/mol. The molecule has 2 aromatic rings. The summed E-state index contributed by atoms with van der Waals surface area (Å²) < 4.78 is 31.9. The van der Waals surface area contributed by atoms with Crippen LogP contribution in [0.3, 0.4) is 0 Å². The van der Waals surface area contributed by atoms with Crippen LogP contribution in [0.2, 0.25) is 0 Å². The first-order chi connectivity index (χ1) is 10.6. The second-order valence-corrected chi connectivity index (χ2v) is 3.83. The van der Waals surface area contributed by atoms with E-state index in [0.29, 0.717) is 0 Å². The molecule has 2 rings (SSSR count). The first kappa shape index (κ1) is 15.0. The van der Waals surface area contributed by atoms with E-state index >= 15 is 0 Å². The van der Waals surface area contributed by atoms with Gasteiger partial charge in [-0.05, 0) is 17.3 Å². The Balaban J connectivity index is 2.30. The van der Waals surface area contributed by atoms with Gasteiger partial charge in [0.15, 0.2) is 11.6 Å². The highest BCUT2D eigenvalue weighted by molar-refractivity contribution is 5.90. The van der Waals surface area contributed by atoms with Gasteiger partial charge in [0, 0.05) is 6.20 Å². The van der Waals surface area contributed by atoms with Crippen LogP contribution >= 0.6 is 0 Å². The molecule has 0 saturated heterocycles. The number of aromatic nitrogens is 4. The van der Waals surface area contributed by atoms with E-state index in [0.717, 1.165) is 25.4 Å². The number of hydrogen-bond acceptors (Lipinski definition) is 7. The van der Waals surface area contributed by atoms with Crippen molar-refractivity contribution in [2.75, 3.05) is 12.4 Å². The number of carbonyl (C=O) groups is 1. The second kappa shape index (κ2) is 6.40. The van der Waals surface area contributed by atoms with Crippen LogP contribution in [0.25, 0.3) is 5.57 Å². The topological polar surface area (TPSA) is 117 Å². The lowest BCUT2D eigenvalue weighted by Crippen LogP contribution is -2.07. The van der Waals surface area contributed by atoms with E-state index in [9.17, 15) is 13.6 Å². The van der Waals surface area contributed by atoms with Crippen molar-refractivity contribution < 1.29 is 18.3 Å². The fraction of sp³-hybridized carbons (Fsp3) is 0.0833. The van der Waals surface area contributed by atoms with Crippen LogP contribution < -0.4 is 5.32 Å². The molecule has 0 aliphatic rings. The number of carbonyl (C=O) groups excluding carboxylic acids is 1. The minimum Gasteiger partial charge on any atom is -0.465 e. The number of nitriles is 1. The average Bonchev–Trinajstić information content (AvgIpc) is 3.05. The normalized spacial score (nSPS) is 10.9. The van der Waals surface area contributed by atoms with Gasteiger partial charge >= 0.3 is 5.97 Å². The summed E-state index contributed by atoms with van der Waals surface area (Å²) in [5, 5.41) is 23.9. The lowest BCUT2D eigenvalue weighted by molar-refractivity contribution is 0.0594. The van der Waals surface area contributed by atoms with Gasteiger partial charge in [-0.25, -0.2) is 13.6 Å². The van der Waals surface area contributed by atoms with Crippen molar-refractivity contribution in [1.82, 2.24) is 20.6 Å². The third kappa shape index (κ3) is 2.88. The van der Waals surface area contributed by atoms with Gasteiger partial charge in [-0.2, -0.15) is 10.5 Å². The number of hydrogen-bond donors (Lipinski definition) is 2. The van der Waals surface area contributed by atoms with E-state index in [-0.39, 0.29) is 17.1 Å². The molecule has 0 radical (unpaired) electrons. The molecule has 0 bridgehead atoms. The first-order valence-corrected chi connectivity index (χ1v) is 5.75. The zero-order valence-corrected chi connectivity index (χ0v) is 11.1. The summed E-state index contributed by atoms with van der Waals surface area (Å²) in [5.41, 5.74) is -0.861. The third-order valence-corrected chi connectivity index (χ3v) is 2.57. The maximum Gasteiger partial charge on any atom is 0.340 e. The van der Waals surface area contributed by atoms with Crippen molar-refractivity contribution >= 4 is 17.2 Å². The quantitative estimate of drug-likeness (QED) is 0.644. The molecule has 1 heterocycles. The molecule has 0 aliphatic heterocycles. The van der Waals surface area contributed by atoms with Crippen LogP contribution in [0.1, 0.15) is 16.2 Å². The summed E-state index contributed by atoms with van der Waals surface area (Å²) in [6.07, 6.45) is 1.08. The number of H-pyrrole nitrogens is 1. The minimum absolute atomic E-state index is 0.0120. The van der Waals surface area contributed by atoms with E-state index in [1.165, 1.54) is 0 Å². The maximum absolute atomic E-state index is 13.8. The lowest BCUT2D eigenvalue weighted by Gasteiger charge is -2.07. The van der Waals surface area contributed by atoms with E-state index < -0.39 is 23.2 Å². The summed E-state index contributed by atoms with van der Waals surface area (Å²) in [6, 6.07) is 3.96. The smallest absolute Gasteiger partial charge is 0.340 e. The van der Waals surface area contributed by atoms with Crippen molar-refractivity contribution in [3.05, 3.63) is 41.4 Å². The maximum atomic E-state index is 13.8. The Hall–Kier alpha value is -3.35. The molecule has 0 unspecified atom stereocenters. The predicted molar refractivity (Wildman–Crippen MR) is 69.1 cm³/mol. The van der Waals surface area contributed by atoms with Crippen LogP contribution in [0.15, 0.2) is 18.3 Å². The molecule has 1 aromatic carbocycles. The number of ether oxygens (including phenoxy) is 1. The Morgan fingerprint density at radius 2 is 2.23 bits per heavy atom. The van der Waals surface area contributed by atoms with Crippen molar-refractivity contribution in [3.8, 4) is 6.07 Å². The summed E-state index contributed by atoms with van der Waals surface area (Å²) in [6.45, 7) is 0. The monoisotopic (exact) mass is 306 g/mol. The van der Waals surface area contributed by atoms with Gasteiger partial charge in [-0.1, -0.05) is 0 Å². The van der Waals surface area contributed by atoms with Crippen LogP contribution in [0.4, 0.5) is 14.5 Å². The molecule has 112 valence electrons. The van der Waals surface area contributed by atoms with E-state index in [1.54, 1.807) is 6.07 Å². The van der Waals surface area contributed by atoms with Crippen molar-refractivity contribution in [1.29, 1.82) is 5.26 Å². The van der Waals surface area contributed by atoms with E-state index in [1.807, 2.05) is 0 Å². The largest absolute Gasteiger partial charge is 0.465 e. The molecule has 10 heteroatoms. The Morgan fingerprint density at radius 3 is 2.82 bits per heavy atom. The number of rotatable bonds is 4. The fourth-order valence-corrected chi connectivity index (χ4v) is 1.50. The number of benzene rings is 1. The van der Waals surface area contributed by atoms with Gasteiger partial charge in [0.1, 0.15) is 11.6 Å².